The Kier molecular flexibility index (Phi) is 3.03. The molecule has 0 radical (unpaired) electrons. The first-order valence-electron chi connectivity index (χ1n) is 5.45. The van der Waals surface area contributed by atoms with Gasteiger partial charge in [-0.2, -0.15) is 5.26 Å². The predicted octanol–water partition coefficient (Wildman–Crippen LogP) is 2.40. The van der Waals surface area contributed by atoms with Gasteiger partial charge in [0, 0.05) is 13.1 Å². The van der Waals surface area contributed by atoms with E-state index in [1.165, 1.54) is 24.9 Å². The molecule has 0 aliphatic heterocycles. The molecule has 2 nitrogen and oxygen atoms in total. The molecule has 0 heterocycles. The van der Waals surface area contributed by atoms with Crippen LogP contribution in [0.15, 0.2) is 24.3 Å². The third kappa shape index (κ3) is 3.07. The summed E-state index contributed by atoms with van der Waals surface area (Å²) in [7, 11) is 2.15. The van der Waals surface area contributed by atoms with Crippen LogP contribution in [0.4, 0.5) is 0 Å². The summed E-state index contributed by atoms with van der Waals surface area (Å²) in [4.78, 5) is 2.34. The Morgan fingerprint density at radius 2 is 2.27 bits per heavy atom. The molecule has 2 rings (SSSR count). The molecule has 1 aromatic carbocycles. The van der Waals surface area contributed by atoms with Gasteiger partial charge in [-0.3, -0.25) is 0 Å². The normalized spacial score (nSPS) is 15.3. The second-order valence-corrected chi connectivity index (χ2v) is 4.45. The Balaban J connectivity index is 1.93. The Hall–Kier alpha value is -1.33. The zero-order valence-electron chi connectivity index (χ0n) is 9.11. The van der Waals surface area contributed by atoms with E-state index in [1.54, 1.807) is 0 Å². The number of nitrogens with zero attached hydrogens (tertiary/aromatic N) is 2. The van der Waals surface area contributed by atoms with Crippen LogP contribution in [0, 0.1) is 17.2 Å². The van der Waals surface area contributed by atoms with Crippen LogP contribution in [-0.4, -0.2) is 18.5 Å². The standard InChI is InChI=1S/C13H16N2/c1-15(9-11-5-6-11)10-13-4-2-3-12(7-13)8-14/h2-4,7,11H,5-6,9-10H2,1H3. The third-order valence-electron chi connectivity index (χ3n) is 2.78. The lowest BCUT2D eigenvalue weighted by atomic mass is 10.1. The molecule has 0 atom stereocenters. The Labute approximate surface area is 91.1 Å². The van der Waals surface area contributed by atoms with Gasteiger partial charge in [0.2, 0.25) is 0 Å². The van der Waals surface area contributed by atoms with Crippen LogP contribution < -0.4 is 0 Å². The van der Waals surface area contributed by atoms with Crippen molar-refractivity contribution in [3.05, 3.63) is 35.4 Å². The molecule has 1 aromatic rings. The first-order chi connectivity index (χ1) is 7.28. The van der Waals surface area contributed by atoms with Crippen molar-refractivity contribution < 1.29 is 0 Å². The third-order valence-corrected chi connectivity index (χ3v) is 2.78. The van der Waals surface area contributed by atoms with E-state index >= 15 is 0 Å². The van der Waals surface area contributed by atoms with E-state index in [0.717, 1.165) is 18.0 Å². The van der Waals surface area contributed by atoms with Gasteiger partial charge in [-0.25, -0.2) is 0 Å². The van der Waals surface area contributed by atoms with E-state index in [2.05, 4.69) is 24.1 Å². The fraction of sp³-hybridized carbons (Fsp3) is 0.462. The molecule has 2 heteroatoms. The van der Waals surface area contributed by atoms with Crippen molar-refractivity contribution in [3.8, 4) is 6.07 Å². The average molecular weight is 200 g/mol. The number of nitriles is 1. The van der Waals surface area contributed by atoms with Crippen molar-refractivity contribution in [3.63, 3.8) is 0 Å². The highest BCUT2D eigenvalue weighted by atomic mass is 15.1. The first kappa shape index (κ1) is 10.2. The molecule has 0 bridgehead atoms. The molecule has 0 amide bonds. The van der Waals surface area contributed by atoms with E-state index < -0.39 is 0 Å². The van der Waals surface area contributed by atoms with Crippen LogP contribution in [0.5, 0.6) is 0 Å². The van der Waals surface area contributed by atoms with Gasteiger partial charge in [-0.1, -0.05) is 12.1 Å². The van der Waals surface area contributed by atoms with Crippen molar-refractivity contribution in [2.75, 3.05) is 13.6 Å². The van der Waals surface area contributed by atoms with Crippen molar-refractivity contribution in [2.24, 2.45) is 5.92 Å². The van der Waals surface area contributed by atoms with Gasteiger partial charge in [-0.05, 0) is 43.5 Å². The van der Waals surface area contributed by atoms with E-state index in [4.69, 9.17) is 5.26 Å². The minimum atomic E-state index is 0.757. The van der Waals surface area contributed by atoms with Crippen molar-refractivity contribution in [1.82, 2.24) is 4.90 Å². The number of rotatable bonds is 4. The lowest BCUT2D eigenvalue weighted by molar-refractivity contribution is 0.313. The van der Waals surface area contributed by atoms with Gasteiger partial charge in [0.15, 0.2) is 0 Å². The smallest absolute Gasteiger partial charge is 0.0991 e. The Bertz CT molecular complexity index is 374. The van der Waals surface area contributed by atoms with E-state index in [1.807, 2.05) is 18.2 Å². The second-order valence-electron chi connectivity index (χ2n) is 4.45. The fourth-order valence-corrected chi connectivity index (χ4v) is 1.86. The molecule has 78 valence electrons. The second kappa shape index (κ2) is 4.46. The summed E-state index contributed by atoms with van der Waals surface area (Å²) >= 11 is 0. The molecule has 1 fully saturated rings. The first-order valence-corrected chi connectivity index (χ1v) is 5.45. The van der Waals surface area contributed by atoms with Crippen molar-refractivity contribution >= 4 is 0 Å². The molecule has 0 unspecified atom stereocenters. The molecule has 0 spiro atoms. The fourth-order valence-electron chi connectivity index (χ4n) is 1.86. The van der Waals surface area contributed by atoms with Gasteiger partial charge in [0.25, 0.3) is 0 Å². The van der Waals surface area contributed by atoms with Gasteiger partial charge in [-0.15, -0.1) is 0 Å². The monoisotopic (exact) mass is 200 g/mol. The highest BCUT2D eigenvalue weighted by Gasteiger charge is 2.22. The number of benzene rings is 1. The van der Waals surface area contributed by atoms with Crippen LogP contribution >= 0.6 is 0 Å². The Morgan fingerprint density at radius 3 is 2.93 bits per heavy atom. The van der Waals surface area contributed by atoms with Crippen molar-refractivity contribution in [2.45, 2.75) is 19.4 Å². The highest BCUT2D eigenvalue weighted by Crippen LogP contribution is 2.29. The van der Waals surface area contributed by atoms with E-state index in [-0.39, 0.29) is 0 Å². The maximum atomic E-state index is 8.79. The highest BCUT2D eigenvalue weighted by molar-refractivity contribution is 5.32. The van der Waals surface area contributed by atoms with Crippen molar-refractivity contribution in [1.29, 1.82) is 5.26 Å². The SMILES string of the molecule is CN(Cc1cccc(C#N)c1)CC1CC1. The molecule has 0 aromatic heterocycles. The Morgan fingerprint density at radius 1 is 1.47 bits per heavy atom. The summed E-state index contributed by atoms with van der Waals surface area (Å²) in [5, 5.41) is 8.79. The minimum Gasteiger partial charge on any atom is -0.302 e. The maximum Gasteiger partial charge on any atom is 0.0991 e. The van der Waals surface area contributed by atoms with Crippen LogP contribution in [-0.2, 0) is 6.54 Å². The molecule has 1 saturated carbocycles. The quantitative estimate of drug-likeness (QED) is 0.746. The molecule has 0 N–H and O–H groups in total. The maximum absolute atomic E-state index is 8.79. The minimum absolute atomic E-state index is 0.757. The largest absolute Gasteiger partial charge is 0.302 e. The van der Waals surface area contributed by atoms with E-state index in [9.17, 15) is 0 Å². The van der Waals surface area contributed by atoms with Crippen LogP contribution in [0.25, 0.3) is 0 Å². The summed E-state index contributed by atoms with van der Waals surface area (Å²) in [6, 6.07) is 10.0. The van der Waals surface area contributed by atoms with Crippen LogP contribution in [0.1, 0.15) is 24.0 Å². The molecule has 15 heavy (non-hydrogen) atoms. The summed E-state index contributed by atoms with van der Waals surface area (Å²) < 4.78 is 0. The van der Waals surface area contributed by atoms with E-state index in [0.29, 0.717) is 0 Å². The van der Waals surface area contributed by atoms with Gasteiger partial charge >= 0.3 is 0 Å². The van der Waals surface area contributed by atoms with Crippen LogP contribution in [0.2, 0.25) is 0 Å². The summed E-state index contributed by atoms with van der Waals surface area (Å²) in [5.74, 6) is 0.925. The molecule has 1 aliphatic rings. The number of hydrogen-bond donors (Lipinski definition) is 0. The summed E-state index contributed by atoms with van der Waals surface area (Å²) in [6.07, 6.45) is 2.78. The number of hydrogen-bond acceptors (Lipinski definition) is 2. The zero-order valence-corrected chi connectivity index (χ0v) is 9.11. The average Bonchev–Trinajstić information content (AvgIpc) is 3.02. The lowest BCUT2D eigenvalue weighted by Gasteiger charge is -2.16. The van der Waals surface area contributed by atoms with Crippen LogP contribution in [0.3, 0.4) is 0 Å². The van der Waals surface area contributed by atoms with Gasteiger partial charge < -0.3 is 4.90 Å². The zero-order chi connectivity index (χ0) is 10.7. The summed E-state index contributed by atoms with van der Waals surface area (Å²) in [5.41, 5.74) is 1.99. The van der Waals surface area contributed by atoms with Gasteiger partial charge in [0.1, 0.15) is 0 Å². The van der Waals surface area contributed by atoms with Gasteiger partial charge in [0.05, 0.1) is 11.6 Å². The lowest BCUT2D eigenvalue weighted by Crippen LogP contribution is -2.20. The molecule has 0 saturated heterocycles. The predicted molar refractivity (Wildman–Crippen MR) is 60.2 cm³/mol. The molecule has 1 aliphatic carbocycles. The summed E-state index contributed by atoms with van der Waals surface area (Å²) in [6.45, 7) is 2.14. The molecular formula is C13H16N2. The molecular weight excluding hydrogens is 184 g/mol. The topological polar surface area (TPSA) is 27.0 Å².